The summed E-state index contributed by atoms with van der Waals surface area (Å²) in [7, 11) is 0. The average Bonchev–Trinajstić information content (AvgIpc) is 2.25. The number of hydrogen-bond donors (Lipinski definition) is 1. The van der Waals surface area contributed by atoms with E-state index >= 15 is 0 Å². The summed E-state index contributed by atoms with van der Waals surface area (Å²) in [5.74, 6) is -0.347. The van der Waals surface area contributed by atoms with Crippen molar-refractivity contribution in [1.82, 2.24) is 0 Å². The van der Waals surface area contributed by atoms with Gasteiger partial charge >= 0.3 is 0 Å². The zero-order valence-corrected chi connectivity index (χ0v) is 11.1. The van der Waals surface area contributed by atoms with Gasteiger partial charge in [-0.15, -0.1) is 11.8 Å². The summed E-state index contributed by atoms with van der Waals surface area (Å²) in [5, 5.41) is -0.0921. The molecule has 4 heteroatoms. The number of carbonyl (C=O) groups excluding carboxylic acids is 1. The number of amides is 1. The Morgan fingerprint density at radius 2 is 1.76 bits per heavy atom. The monoisotopic (exact) mass is 255 g/mol. The second-order valence-electron chi connectivity index (χ2n) is 4.40. The lowest BCUT2D eigenvalue weighted by molar-refractivity contribution is -0.118. The van der Waals surface area contributed by atoms with Gasteiger partial charge in [0, 0.05) is 5.25 Å². The molecule has 0 bridgehead atoms. The first kappa shape index (κ1) is 14.0. The molecule has 0 saturated carbocycles. The van der Waals surface area contributed by atoms with E-state index in [4.69, 9.17) is 5.73 Å². The molecule has 0 aliphatic heterocycles. The number of thioether (sulfide) groups is 1. The molecule has 0 aliphatic rings. The van der Waals surface area contributed by atoms with Gasteiger partial charge in [0.15, 0.2) is 0 Å². The van der Waals surface area contributed by atoms with Crippen LogP contribution in [-0.2, 0) is 4.79 Å². The molecule has 0 spiro atoms. The maximum absolute atomic E-state index is 12.8. The SMILES string of the molecule is CC(SC(C(N)=O)C(C)C)c1ccc(F)cc1. The van der Waals surface area contributed by atoms with Crippen molar-refractivity contribution in [3.63, 3.8) is 0 Å². The summed E-state index contributed by atoms with van der Waals surface area (Å²) in [6, 6.07) is 6.35. The van der Waals surface area contributed by atoms with Crippen LogP contribution in [0.1, 0.15) is 31.6 Å². The summed E-state index contributed by atoms with van der Waals surface area (Å²) in [6.07, 6.45) is 0. The van der Waals surface area contributed by atoms with Crippen molar-refractivity contribution in [1.29, 1.82) is 0 Å². The normalized spacial score (nSPS) is 14.6. The molecule has 2 nitrogen and oxygen atoms in total. The van der Waals surface area contributed by atoms with E-state index in [9.17, 15) is 9.18 Å². The molecule has 0 radical (unpaired) electrons. The maximum atomic E-state index is 12.8. The van der Waals surface area contributed by atoms with E-state index < -0.39 is 0 Å². The third-order valence-electron chi connectivity index (χ3n) is 2.58. The number of halogens is 1. The molecular weight excluding hydrogens is 237 g/mol. The van der Waals surface area contributed by atoms with Gasteiger partial charge in [-0.3, -0.25) is 4.79 Å². The molecule has 94 valence electrons. The lowest BCUT2D eigenvalue weighted by Gasteiger charge is -2.21. The number of hydrogen-bond acceptors (Lipinski definition) is 2. The fourth-order valence-corrected chi connectivity index (χ4v) is 2.79. The van der Waals surface area contributed by atoms with Crippen molar-refractivity contribution < 1.29 is 9.18 Å². The predicted molar refractivity (Wildman–Crippen MR) is 70.2 cm³/mol. The molecule has 2 N–H and O–H groups in total. The van der Waals surface area contributed by atoms with Gasteiger partial charge in [-0.1, -0.05) is 26.0 Å². The van der Waals surface area contributed by atoms with Gasteiger partial charge in [-0.05, 0) is 30.5 Å². The van der Waals surface area contributed by atoms with Crippen molar-refractivity contribution in [3.8, 4) is 0 Å². The van der Waals surface area contributed by atoms with Crippen molar-refractivity contribution in [3.05, 3.63) is 35.6 Å². The first-order chi connectivity index (χ1) is 7.91. The van der Waals surface area contributed by atoms with Crippen LogP contribution in [0.25, 0.3) is 0 Å². The van der Waals surface area contributed by atoms with Crippen LogP contribution in [0.3, 0.4) is 0 Å². The van der Waals surface area contributed by atoms with Gasteiger partial charge in [-0.2, -0.15) is 0 Å². The topological polar surface area (TPSA) is 43.1 Å². The van der Waals surface area contributed by atoms with E-state index in [-0.39, 0.29) is 28.1 Å². The van der Waals surface area contributed by atoms with Gasteiger partial charge < -0.3 is 5.73 Å². The Morgan fingerprint density at radius 1 is 1.24 bits per heavy atom. The number of benzene rings is 1. The van der Waals surface area contributed by atoms with Gasteiger partial charge in [0.25, 0.3) is 0 Å². The summed E-state index contributed by atoms with van der Waals surface area (Å²) in [5.41, 5.74) is 6.37. The number of primary amides is 1. The molecular formula is C13H18FNOS. The minimum absolute atomic E-state index is 0.121. The second-order valence-corrected chi connectivity index (χ2v) is 5.88. The molecule has 0 aromatic heterocycles. The Bertz CT molecular complexity index is 378. The average molecular weight is 255 g/mol. The smallest absolute Gasteiger partial charge is 0.230 e. The zero-order chi connectivity index (χ0) is 13.0. The van der Waals surface area contributed by atoms with Crippen LogP contribution in [0.2, 0.25) is 0 Å². The van der Waals surface area contributed by atoms with Crippen LogP contribution in [0.5, 0.6) is 0 Å². The molecule has 1 aromatic carbocycles. The van der Waals surface area contributed by atoms with Crippen LogP contribution >= 0.6 is 11.8 Å². The summed E-state index contributed by atoms with van der Waals surface area (Å²) in [6.45, 7) is 5.94. The highest BCUT2D eigenvalue weighted by Crippen LogP contribution is 2.34. The number of nitrogens with two attached hydrogens (primary N) is 1. The van der Waals surface area contributed by atoms with Gasteiger partial charge in [0.2, 0.25) is 5.91 Å². The van der Waals surface area contributed by atoms with Crippen LogP contribution in [0.4, 0.5) is 4.39 Å². The highest BCUT2D eigenvalue weighted by Gasteiger charge is 2.23. The zero-order valence-electron chi connectivity index (χ0n) is 10.3. The highest BCUT2D eigenvalue weighted by molar-refractivity contribution is 8.00. The van der Waals surface area contributed by atoms with E-state index in [0.29, 0.717) is 0 Å². The minimum Gasteiger partial charge on any atom is -0.369 e. The number of carbonyl (C=O) groups is 1. The predicted octanol–water partition coefficient (Wildman–Crippen LogP) is 3.13. The van der Waals surface area contributed by atoms with E-state index in [2.05, 4.69) is 0 Å². The fourth-order valence-electron chi connectivity index (χ4n) is 1.59. The highest BCUT2D eigenvalue weighted by atomic mass is 32.2. The van der Waals surface area contributed by atoms with Gasteiger partial charge in [0.05, 0.1) is 5.25 Å². The van der Waals surface area contributed by atoms with Crippen molar-refractivity contribution in [2.75, 3.05) is 0 Å². The lowest BCUT2D eigenvalue weighted by atomic mass is 10.1. The third kappa shape index (κ3) is 4.04. The Labute approximate surface area is 106 Å². The molecule has 17 heavy (non-hydrogen) atoms. The van der Waals surface area contributed by atoms with Crippen molar-refractivity contribution in [2.45, 2.75) is 31.3 Å². The van der Waals surface area contributed by atoms with E-state index in [0.717, 1.165) is 5.56 Å². The Kier molecular flexibility index (Phi) is 5.00. The molecule has 0 fully saturated rings. The van der Waals surface area contributed by atoms with E-state index in [1.165, 1.54) is 23.9 Å². The van der Waals surface area contributed by atoms with Crippen LogP contribution in [-0.4, -0.2) is 11.2 Å². The summed E-state index contributed by atoms with van der Waals surface area (Å²) >= 11 is 1.52. The standard InChI is InChI=1S/C13H18FNOS/c1-8(2)12(13(15)16)17-9(3)10-4-6-11(14)7-5-10/h4-9,12H,1-3H3,(H2,15,16). The largest absolute Gasteiger partial charge is 0.369 e. The Hall–Kier alpha value is -1.03. The molecule has 2 unspecified atom stereocenters. The minimum atomic E-state index is -0.293. The van der Waals surface area contributed by atoms with Crippen molar-refractivity contribution in [2.24, 2.45) is 11.7 Å². The second kappa shape index (κ2) is 6.05. The molecule has 1 rings (SSSR count). The van der Waals surface area contributed by atoms with E-state index in [1.54, 1.807) is 12.1 Å². The lowest BCUT2D eigenvalue weighted by Crippen LogP contribution is -2.30. The summed E-state index contributed by atoms with van der Waals surface area (Å²) < 4.78 is 12.8. The van der Waals surface area contributed by atoms with Crippen LogP contribution in [0.15, 0.2) is 24.3 Å². The first-order valence-corrected chi connectivity index (χ1v) is 6.56. The number of rotatable bonds is 5. The fraction of sp³-hybridized carbons (Fsp3) is 0.462. The van der Waals surface area contributed by atoms with Crippen molar-refractivity contribution >= 4 is 17.7 Å². The maximum Gasteiger partial charge on any atom is 0.230 e. The molecule has 1 aromatic rings. The Balaban J connectivity index is 2.73. The third-order valence-corrected chi connectivity index (χ3v) is 4.33. The molecule has 0 saturated heterocycles. The van der Waals surface area contributed by atoms with Gasteiger partial charge in [-0.25, -0.2) is 4.39 Å². The molecule has 0 aliphatic carbocycles. The van der Waals surface area contributed by atoms with Crippen LogP contribution < -0.4 is 5.73 Å². The molecule has 0 heterocycles. The van der Waals surface area contributed by atoms with Crippen LogP contribution in [0, 0.1) is 11.7 Å². The summed E-state index contributed by atoms with van der Waals surface area (Å²) in [4.78, 5) is 11.3. The Morgan fingerprint density at radius 3 is 2.18 bits per heavy atom. The quantitative estimate of drug-likeness (QED) is 0.878. The molecule has 1 amide bonds. The first-order valence-electron chi connectivity index (χ1n) is 5.62. The van der Waals surface area contributed by atoms with Gasteiger partial charge in [0.1, 0.15) is 5.82 Å². The van der Waals surface area contributed by atoms with E-state index in [1.807, 2.05) is 20.8 Å². The molecule has 2 atom stereocenters.